The maximum absolute atomic E-state index is 11.5. The second kappa shape index (κ2) is 6.19. The lowest BCUT2D eigenvalue weighted by atomic mass is 10.1. The second-order valence-corrected chi connectivity index (χ2v) is 8.36. The molecule has 0 unspecified atom stereocenters. The number of sulfonamides is 1. The second-order valence-electron chi connectivity index (χ2n) is 4.92. The summed E-state index contributed by atoms with van der Waals surface area (Å²) < 4.78 is 24.9. The van der Waals surface area contributed by atoms with Crippen LogP contribution in [0.25, 0.3) is 27.0 Å². The molecular formula is C14H10Br2N4O2S2. The fourth-order valence-electron chi connectivity index (χ4n) is 2.40. The van der Waals surface area contributed by atoms with Crippen LogP contribution in [0.3, 0.4) is 0 Å². The highest BCUT2D eigenvalue weighted by molar-refractivity contribution is 9.10. The van der Waals surface area contributed by atoms with Crippen molar-refractivity contribution in [3.63, 3.8) is 0 Å². The van der Waals surface area contributed by atoms with E-state index in [2.05, 4.69) is 26.0 Å². The van der Waals surface area contributed by atoms with Crippen LogP contribution in [0.4, 0.5) is 0 Å². The Hall–Kier alpha value is -1.33. The van der Waals surface area contributed by atoms with Crippen LogP contribution in [0, 0.1) is 0 Å². The number of benzene rings is 2. The summed E-state index contributed by atoms with van der Waals surface area (Å²) in [4.78, 5) is 4.78. The molecule has 2 aromatic carbocycles. The number of aromatic nitrogens is 3. The van der Waals surface area contributed by atoms with E-state index in [4.69, 9.17) is 5.14 Å². The molecule has 2 N–H and O–H groups in total. The third-order valence-corrected chi connectivity index (χ3v) is 6.18. The lowest BCUT2D eigenvalue weighted by Gasteiger charge is -2.03. The molecule has 0 amide bonds. The Balaban J connectivity index is 0.00000169. The normalized spacial score (nSPS) is 11.8. The van der Waals surface area contributed by atoms with Crippen LogP contribution in [0.1, 0.15) is 0 Å². The zero-order valence-corrected chi connectivity index (χ0v) is 16.8. The van der Waals surface area contributed by atoms with Gasteiger partial charge in [-0.3, -0.25) is 0 Å². The molecule has 0 aliphatic heterocycles. The average Bonchev–Trinajstić information content (AvgIpc) is 3.03. The molecule has 2 heterocycles. The molecular weight excluding hydrogens is 480 g/mol. The van der Waals surface area contributed by atoms with Crippen LogP contribution in [0.2, 0.25) is 0 Å². The van der Waals surface area contributed by atoms with Crippen LogP contribution in [-0.4, -0.2) is 23.0 Å². The molecule has 6 nitrogen and oxygen atoms in total. The van der Waals surface area contributed by atoms with Crippen LogP contribution in [-0.2, 0) is 10.0 Å². The number of nitrogens with zero attached hydrogens (tertiary/aromatic N) is 3. The van der Waals surface area contributed by atoms with Gasteiger partial charge in [0, 0.05) is 5.56 Å². The maximum Gasteiger partial charge on any atom is 0.267 e. The Kier molecular flexibility index (Phi) is 4.51. The van der Waals surface area contributed by atoms with E-state index in [9.17, 15) is 8.42 Å². The predicted octanol–water partition coefficient (Wildman–Crippen LogP) is 3.60. The number of rotatable bonds is 2. The van der Waals surface area contributed by atoms with E-state index in [1.807, 2.05) is 42.5 Å². The summed E-state index contributed by atoms with van der Waals surface area (Å²) >= 11 is 4.35. The molecule has 124 valence electrons. The number of hydrogen-bond donors (Lipinski definition) is 1. The largest absolute Gasteiger partial charge is 0.267 e. The Morgan fingerprint density at radius 3 is 2.54 bits per heavy atom. The number of primary sulfonamides is 1. The number of hydrogen-bond acceptors (Lipinski definition) is 5. The van der Waals surface area contributed by atoms with Gasteiger partial charge in [0.15, 0.2) is 0 Å². The first-order chi connectivity index (χ1) is 10.9. The molecule has 0 bridgehead atoms. The Bertz CT molecular complexity index is 1170. The van der Waals surface area contributed by atoms with Gasteiger partial charge in [0.1, 0.15) is 10.3 Å². The standard InChI is InChI=1S/C14H9BrN4O2S2.BrH/c15-12-11(10-6-5-8-3-1-2-4-9(8)7-10)19-13(17-12)22-14(18-19)23(16,20)21;/h1-7H,(H2,16,20,21);1H. The minimum absolute atomic E-state index is 0. The molecule has 0 saturated carbocycles. The van der Waals surface area contributed by atoms with E-state index in [1.165, 1.54) is 4.52 Å². The lowest BCUT2D eigenvalue weighted by Crippen LogP contribution is -2.12. The van der Waals surface area contributed by atoms with Crippen LogP contribution in [0.5, 0.6) is 0 Å². The van der Waals surface area contributed by atoms with Crippen LogP contribution >= 0.6 is 44.2 Å². The van der Waals surface area contributed by atoms with E-state index in [0.717, 1.165) is 27.7 Å². The first-order valence-corrected chi connectivity index (χ1v) is 9.66. The molecule has 0 fully saturated rings. The van der Waals surface area contributed by atoms with Crippen LogP contribution in [0.15, 0.2) is 51.4 Å². The summed E-state index contributed by atoms with van der Waals surface area (Å²) in [5, 5.41) is 11.4. The van der Waals surface area contributed by atoms with Gasteiger partial charge in [0.25, 0.3) is 10.0 Å². The molecule has 0 aliphatic carbocycles. The van der Waals surface area contributed by atoms with Crippen molar-refractivity contribution in [1.82, 2.24) is 14.6 Å². The smallest absolute Gasteiger partial charge is 0.223 e. The van der Waals surface area contributed by atoms with E-state index in [1.54, 1.807) is 0 Å². The Morgan fingerprint density at radius 1 is 1.12 bits per heavy atom. The number of fused-ring (bicyclic) bond motifs is 2. The van der Waals surface area contributed by atoms with Gasteiger partial charge in [-0.2, -0.15) is 0 Å². The third kappa shape index (κ3) is 2.88. The molecule has 10 heteroatoms. The van der Waals surface area contributed by atoms with Gasteiger partial charge < -0.3 is 0 Å². The zero-order chi connectivity index (χ0) is 16.2. The maximum atomic E-state index is 11.5. The molecule has 4 aromatic rings. The van der Waals surface area contributed by atoms with Gasteiger partial charge in [0.05, 0.1) is 0 Å². The minimum atomic E-state index is -3.85. The monoisotopic (exact) mass is 488 g/mol. The molecule has 0 radical (unpaired) electrons. The van der Waals surface area contributed by atoms with Crippen molar-refractivity contribution < 1.29 is 8.42 Å². The first-order valence-electron chi connectivity index (χ1n) is 6.50. The van der Waals surface area contributed by atoms with Crippen molar-refractivity contribution in [1.29, 1.82) is 0 Å². The van der Waals surface area contributed by atoms with E-state index < -0.39 is 10.0 Å². The van der Waals surface area contributed by atoms with E-state index in [-0.39, 0.29) is 21.3 Å². The molecule has 0 spiro atoms. The quantitative estimate of drug-likeness (QED) is 0.465. The number of imidazole rings is 1. The van der Waals surface area contributed by atoms with Crippen molar-refractivity contribution in [3.05, 3.63) is 47.1 Å². The fourth-order valence-corrected chi connectivity index (χ4v) is 4.60. The number of nitrogens with two attached hydrogens (primary N) is 1. The highest BCUT2D eigenvalue weighted by Gasteiger charge is 2.21. The van der Waals surface area contributed by atoms with Gasteiger partial charge >= 0.3 is 0 Å². The highest BCUT2D eigenvalue weighted by atomic mass is 79.9. The molecule has 0 aliphatic rings. The Labute approximate surface area is 160 Å². The highest BCUT2D eigenvalue weighted by Crippen LogP contribution is 2.33. The first kappa shape index (κ1) is 17.5. The molecule has 0 atom stereocenters. The Morgan fingerprint density at radius 2 is 1.83 bits per heavy atom. The minimum Gasteiger partial charge on any atom is -0.223 e. The van der Waals surface area contributed by atoms with Gasteiger partial charge in [0.2, 0.25) is 9.30 Å². The van der Waals surface area contributed by atoms with E-state index >= 15 is 0 Å². The zero-order valence-electron chi connectivity index (χ0n) is 11.9. The number of halogens is 2. The van der Waals surface area contributed by atoms with Gasteiger partial charge in [-0.25, -0.2) is 23.1 Å². The molecule has 0 saturated heterocycles. The summed E-state index contributed by atoms with van der Waals surface area (Å²) in [6.45, 7) is 0. The summed E-state index contributed by atoms with van der Waals surface area (Å²) in [7, 11) is -3.85. The van der Waals surface area contributed by atoms with Crippen molar-refractivity contribution >= 4 is 70.0 Å². The van der Waals surface area contributed by atoms with Crippen molar-refractivity contribution in [2.75, 3.05) is 0 Å². The SMILES string of the molecule is Br.NS(=O)(=O)c1nn2c(-c3ccc4ccccc4c3)c(Br)nc2s1. The van der Waals surface area contributed by atoms with Crippen LogP contribution < -0.4 is 5.14 Å². The summed E-state index contributed by atoms with van der Waals surface area (Å²) in [6.07, 6.45) is 0. The summed E-state index contributed by atoms with van der Waals surface area (Å²) in [6, 6.07) is 14.0. The van der Waals surface area contributed by atoms with Crippen molar-refractivity contribution in [2.45, 2.75) is 4.34 Å². The molecule has 2 aromatic heterocycles. The fraction of sp³-hybridized carbons (Fsp3) is 0. The summed E-state index contributed by atoms with van der Waals surface area (Å²) in [5.41, 5.74) is 1.58. The van der Waals surface area contributed by atoms with Gasteiger partial charge in [-0.1, -0.05) is 47.7 Å². The van der Waals surface area contributed by atoms with E-state index in [0.29, 0.717) is 15.3 Å². The third-order valence-electron chi connectivity index (χ3n) is 3.41. The lowest BCUT2D eigenvalue weighted by molar-refractivity contribution is 0.595. The summed E-state index contributed by atoms with van der Waals surface area (Å²) in [5.74, 6) is 0. The average molecular weight is 490 g/mol. The predicted molar refractivity (Wildman–Crippen MR) is 103 cm³/mol. The van der Waals surface area contributed by atoms with Crippen molar-refractivity contribution in [2.24, 2.45) is 5.14 Å². The van der Waals surface area contributed by atoms with Gasteiger partial charge in [-0.05, 0) is 32.8 Å². The van der Waals surface area contributed by atoms with Gasteiger partial charge in [-0.15, -0.1) is 22.1 Å². The molecule has 4 rings (SSSR count). The molecule has 24 heavy (non-hydrogen) atoms. The van der Waals surface area contributed by atoms with Crippen molar-refractivity contribution in [3.8, 4) is 11.3 Å². The topological polar surface area (TPSA) is 90.4 Å².